The van der Waals surface area contributed by atoms with Crippen LogP contribution in [0.3, 0.4) is 0 Å². The van der Waals surface area contributed by atoms with Gasteiger partial charge in [-0.05, 0) is 56.9 Å². The summed E-state index contributed by atoms with van der Waals surface area (Å²) in [6.45, 7) is 8.33. The molecule has 0 spiro atoms. The molecule has 0 radical (unpaired) electrons. The monoisotopic (exact) mass is 292 g/mol. The molecule has 21 heavy (non-hydrogen) atoms. The standard InChI is InChI=1S/C19H36N2/c1-4-20-15-12-16-8-7-9-17(13-15)21(16)19-11-6-5-10-18(19)14(2)3/h14-20H,4-13H2,1-3H3. The fraction of sp³-hybridized carbons (Fsp3) is 1.00. The SMILES string of the molecule is CCNC1CC2CCCC(C1)N2C1CCCCC1C(C)C. The summed E-state index contributed by atoms with van der Waals surface area (Å²) in [5.74, 6) is 1.82. The summed E-state index contributed by atoms with van der Waals surface area (Å²) in [5.41, 5.74) is 0. The molecule has 0 amide bonds. The van der Waals surface area contributed by atoms with Crippen LogP contribution in [-0.2, 0) is 0 Å². The van der Waals surface area contributed by atoms with Crippen molar-refractivity contribution in [3.05, 3.63) is 0 Å². The third-order valence-corrected chi connectivity index (χ3v) is 6.54. The second-order valence-corrected chi connectivity index (χ2v) is 8.17. The summed E-state index contributed by atoms with van der Waals surface area (Å²) in [5, 5.41) is 3.74. The summed E-state index contributed by atoms with van der Waals surface area (Å²) in [4.78, 5) is 3.04. The maximum absolute atomic E-state index is 3.74. The van der Waals surface area contributed by atoms with Crippen LogP contribution in [0, 0.1) is 11.8 Å². The summed E-state index contributed by atoms with van der Waals surface area (Å²) < 4.78 is 0. The van der Waals surface area contributed by atoms with Crippen molar-refractivity contribution >= 4 is 0 Å². The number of nitrogens with zero attached hydrogens (tertiary/aromatic N) is 1. The highest BCUT2D eigenvalue weighted by atomic mass is 15.2. The van der Waals surface area contributed by atoms with Crippen molar-refractivity contribution in [1.29, 1.82) is 0 Å². The molecule has 2 heteroatoms. The van der Waals surface area contributed by atoms with Crippen LogP contribution in [0.4, 0.5) is 0 Å². The number of hydrogen-bond acceptors (Lipinski definition) is 2. The summed E-state index contributed by atoms with van der Waals surface area (Å²) in [6, 6.07) is 3.45. The quantitative estimate of drug-likeness (QED) is 0.835. The predicted molar refractivity (Wildman–Crippen MR) is 90.5 cm³/mol. The lowest BCUT2D eigenvalue weighted by Crippen LogP contribution is -2.61. The Balaban J connectivity index is 1.74. The zero-order valence-corrected chi connectivity index (χ0v) is 14.5. The third-order valence-electron chi connectivity index (χ3n) is 6.54. The van der Waals surface area contributed by atoms with E-state index in [9.17, 15) is 0 Å². The molecule has 0 aromatic carbocycles. The molecule has 4 atom stereocenters. The molecule has 122 valence electrons. The molecule has 0 aromatic heterocycles. The van der Waals surface area contributed by atoms with Crippen LogP contribution >= 0.6 is 0 Å². The van der Waals surface area contributed by atoms with Crippen LogP contribution in [-0.4, -0.2) is 35.6 Å². The van der Waals surface area contributed by atoms with Crippen molar-refractivity contribution in [2.75, 3.05) is 6.54 Å². The van der Waals surface area contributed by atoms with E-state index < -0.39 is 0 Å². The Morgan fingerprint density at radius 3 is 2.24 bits per heavy atom. The van der Waals surface area contributed by atoms with Gasteiger partial charge in [-0.3, -0.25) is 4.90 Å². The van der Waals surface area contributed by atoms with E-state index >= 15 is 0 Å². The highest BCUT2D eigenvalue weighted by Crippen LogP contribution is 2.42. The van der Waals surface area contributed by atoms with Crippen molar-refractivity contribution in [2.24, 2.45) is 11.8 Å². The Kier molecular flexibility index (Phi) is 5.27. The average molecular weight is 293 g/mol. The minimum atomic E-state index is 0.794. The Hall–Kier alpha value is -0.0800. The van der Waals surface area contributed by atoms with Crippen molar-refractivity contribution in [3.63, 3.8) is 0 Å². The van der Waals surface area contributed by atoms with Gasteiger partial charge in [0.2, 0.25) is 0 Å². The molecule has 3 aliphatic rings. The third kappa shape index (κ3) is 3.32. The Bertz CT molecular complexity index is 314. The number of rotatable bonds is 4. The first-order valence-corrected chi connectivity index (χ1v) is 9.71. The van der Waals surface area contributed by atoms with Gasteiger partial charge in [-0.1, -0.05) is 40.0 Å². The lowest BCUT2D eigenvalue weighted by atomic mass is 9.72. The fourth-order valence-electron chi connectivity index (χ4n) is 5.70. The van der Waals surface area contributed by atoms with Crippen LogP contribution in [0.15, 0.2) is 0 Å². The zero-order valence-electron chi connectivity index (χ0n) is 14.5. The van der Waals surface area contributed by atoms with Crippen LogP contribution in [0.1, 0.15) is 78.6 Å². The normalized spacial score (nSPS) is 41.4. The molecule has 2 bridgehead atoms. The Morgan fingerprint density at radius 2 is 1.62 bits per heavy atom. The second kappa shape index (κ2) is 7.00. The van der Waals surface area contributed by atoms with Gasteiger partial charge < -0.3 is 5.32 Å². The minimum absolute atomic E-state index is 0.794. The van der Waals surface area contributed by atoms with E-state index in [0.29, 0.717) is 0 Å². The topological polar surface area (TPSA) is 15.3 Å². The maximum atomic E-state index is 3.74. The fourth-order valence-corrected chi connectivity index (χ4v) is 5.70. The van der Waals surface area contributed by atoms with Gasteiger partial charge in [-0.2, -0.15) is 0 Å². The molecule has 2 nitrogen and oxygen atoms in total. The maximum Gasteiger partial charge on any atom is 0.0132 e. The highest BCUT2D eigenvalue weighted by molar-refractivity contribution is 5.00. The van der Waals surface area contributed by atoms with E-state index in [1.54, 1.807) is 0 Å². The smallest absolute Gasteiger partial charge is 0.0132 e. The predicted octanol–water partition coefficient (Wildman–Crippen LogP) is 4.20. The average Bonchev–Trinajstić information content (AvgIpc) is 2.46. The van der Waals surface area contributed by atoms with Crippen LogP contribution in [0.25, 0.3) is 0 Å². The molecular weight excluding hydrogens is 256 g/mol. The molecule has 2 saturated heterocycles. The van der Waals surface area contributed by atoms with Gasteiger partial charge in [0, 0.05) is 24.2 Å². The van der Waals surface area contributed by atoms with Gasteiger partial charge in [0.15, 0.2) is 0 Å². The first-order valence-electron chi connectivity index (χ1n) is 9.71. The lowest BCUT2D eigenvalue weighted by molar-refractivity contribution is -0.0499. The zero-order chi connectivity index (χ0) is 14.8. The molecule has 0 aromatic rings. The highest BCUT2D eigenvalue weighted by Gasteiger charge is 2.44. The van der Waals surface area contributed by atoms with Gasteiger partial charge in [0.25, 0.3) is 0 Å². The lowest BCUT2D eigenvalue weighted by Gasteiger charge is -2.55. The van der Waals surface area contributed by atoms with E-state index in [1.807, 2.05) is 0 Å². The molecule has 1 saturated carbocycles. The first kappa shape index (κ1) is 15.8. The van der Waals surface area contributed by atoms with E-state index in [4.69, 9.17) is 0 Å². The van der Waals surface area contributed by atoms with Crippen LogP contribution in [0.2, 0.25) is 0 Å². The van der Waals surface area contributed by atoms with Crippen molar-refractivity contribution in [3.8, 4) is 0 Å². The van der Waals surface area contributed by atoms with E-state index in [-0.39, 0.29) is 0 Å². The van der Waals surface area contributed by atoms with Crippen molar-refractivity contribution in [2.45, 2.75) is 103 Å². The van der Waals surface area contributed by atoms with Crippen molar-refractivity contribution < 1.29 is 0 Å². The van der Waals surface area contributed by atoms with Gasteiger partial charge in [0.1, 0.15) is 0 Å². The molecule has 2 heterocycles. The molecule has 1 aliphatic carbocycles. The molecule has 2 aliphatic heterocycles. The Morgan fingerprint density at radius 1 is 0.952 bits per heavy atom. The molecular formula is C19H36N2. The first-order chi connectivity index (χ1) is 10.2. The molecule has 1 N–H and O–H groups in total. The summed E-state index contributed by atoms with van der Waals surface area (Å²) >= 11 is 0. The number of piperidine rings is 2. The minimum Gasteiger partial charge on any atom is -0.314 e. The molecule has 3 fully saturated rings. The summed E-state index contributed by atoms with van der Waals surface area (Å²) in [7, 11) is 0. The summed E-state index contributed by atoms with van der Waals surface area (Å²) in [6.07, 6.45) is 13.1. The Labute approximate surface area is 132 Å². The van der Waals surface area contributed by atoms with Crippen LogP contribution < -0.4 is 5.32 Å². The number of fused-ring (bicyclic) bond motifs is 2. The van der Waals surface area contributed by atoms with Gasteiger partial charge in [-0.15, -0.1) is 0 Å². The van der Waals surface area contributed by atoms with Gasteiger partial charge in [-0.25, -0.2) is 0 Å². The van der Waals surface area contributed by atoms with Crippen LogP contribution in [0.5, 0.6) is 0 Å². The molecule has 4 unspecified atom stereocenters. The number of nitrogens with one attached hydrogen (secondary N) is 1. The van der Waals surface area contributed by atoms with Gasteiger partial charge >= 0.3 is 0 Å². The van der Waals surface area contributed by atoms with Gasteiger partial charge in [0.05, 0.1) is 0 Å². The van der Waals surface area contributed by atoms with E-state index in [0.717, 1.165) is 42.5 Å². The largest absolute Gasteiger partial charge is 0.314 e. The van der Waals surface area contributed by atoms with E-state index in [2.05, 4.69) is 31.0 Å². The van der Waals surface area contributed by atoms with Crippen molar-refractivity contribution in [1.82, 2.24) is 10.2 Å². The van der Waals surface area contributed by atoms with E-state index in [1.165, 1.54) is 57.8 Å². The molecule has 3 rings (SSSR count). The second-order valence-electron chi connectivity index (χ2n) is 8.17. The number of hydrogen-bond donors (Lipinski definition) is 1.